The first-order valence-corrected chi connectivity index (χ1v) is 6.85. The van der Waals surface area contributed by atoms with Gasteiger partial charge in [-0.25, -0.2) is 0 Å². The van der Waals surface area contributed by atoms with E-state index in [9.17, 15) is 15.0 Å². The van der Waals surface area contributed by atoms with Crippen LogP contribution in [0.4, 0.5) is 0 Å². The molecule has 104 valence electrons. The molecule has 1 atom stereocenters. The van der Waals surface area contributed by atoms with Gasteiger partial charge in [-0.2, -0.15) is 0 Å². The summed E-state index contributed by atoms with van der Waals surface area (Å²) in [6, 6.07) is 11.7. The van der Waals surface area contributed by atoms with E-state index < -0.39 is 11.7 Å². The smallest absolute Gasteiger partial charge is 0.255 e. The highest BCUT2D eigenvalue weighted by Crippen LogP contribution is 2.28. The number of nitrogens with one attached hydrogen (secondary N) is 1. The zero-order valence-electron chi connectivity index (χ0n) is 10.8. The fraction of sp³-hybridized carbons (Fsp3) is 0.133. The van der Waals surface area contributed by atoms with Crippen molar-refractivity contribution >= 4 is 21.8 Å². The van der Waals surface area contributed by atoms with Crippen LogP contribution >= 0.6 is 15.9 Å². The van der Waals surface area contributed by atoms with E-state index >= 15 is 0 Å². The van der Waals surface area contributed by atoms with Crippen LogP contribution in [0, 0.1) is 0 Å². The predicted molar refractivity (Wildman–Crippen MR) is 79.8 cm³/mol. The maximum absolute atomic E-state index is 12.1. The molecule has 0 radical (unpaired) electrons. The molecule has 3 N–H and O–H groups in total. The summed E-state index contributed by atoms with van der Waals surface area (Å²) in [6.45, 7) is 1.85. The quantitative estimate of drug-likeness (QED) is 0.753. The Kier molecular flexibility index (Phi) is 4.29. The van der Waals surface area contributed by atoms with Crippen LogP contribution in [0.5, 0.6) is 11.5 Å². The van der Waals surface area contributed by atoms with Crippen LogP contribution in [-0.2, 0) is 0 Å². The van der Waals surface area contributed by atoms with Crippen molar-refractivity contribution in [1.82, 2.24) is 5.32 Å². The maximum atomic E-state index is 12.1. The second kappa shape index (κ2) is 5.96. The number of halogens is 1. The van der Waals surface area contributed by atoms with E-state index in [0.717, 1.165) is 10.0 Å². The monoisotopic (exact) mass is 335 g/mol. The Hall–Kier alpha value is -2.01. The third-order valence-corrected chi connectivity index (χ3v) is 3.45. The van der Waals surface area contributed by atoms with Crippen LogP contribution in [-0.4, -0.2) is 16.1 Å². The van der Waals surface area contributed by atoms with Crippen LogP contribution in [0.25, 0.3) is 0 Å². The molecule has 0 fully saturated rings. The Morgan fingerprint density at radius 1 is 1.20 bits per heavy atom. The molecular formula is C15H14BrNO3. The van der Waals surface area contributed by atoms with E-state index in [1.54, 1.807) is 0 Å². The van der Waals surface area contributed by atoms with Gasteiger partial charge in [0.05, 0.1) is 11.6 Å². The Morgan fingerprint density at radius 2 is 1.90 bits per heavy atom. The average molecular weight is 336 g/mol. The van der Waals surface area contributed by atoms with Crippen molar-refractivity contribution < 1.29 is 15.0 Å². The minimum atomic E-state index is -0.439. The molecule has 0 aromatic heterocycles. The fourth-order valence-electron chi connectivity index (χ4n) is 1.85. The van der Waals surface area contributed by atoms with E-state index in [4.69, 9.17) is 0 Å². The molecule has 0 spiro atoms. The van der Waals surface area contributed by atoms with Crippen LogP contribution in [0.1, 0.15) is 28.9 Å². The second-order valence-electron chi connectivity index (χ2n) is 4.42. The number of aromatic hydroxyl groups is 2. The van der Waals surface area contributed by atoms with Crippen LogP contribution < -0.4 is 5.32 Å². The lowest BCUT2D eigenvalue weighted by Gasteiger charge is -2.15. The predicted octanol–water partition coefficient (Wildman–Crippen LogP) is 3.35. The first kappa shape index (κ1) is 14.4. The van der Waals surface area contributed by atoms with Gasteiger partial charge in [-0.05, 0) is 36.8 Å². The number of phenols is 2. The number of phenolic OH excluding ortho intramolecular Hbond substituents is 2. The van der Waals surface area contributed by atoms with Gasteiger partial charge in [0, 0.05) is 4.47 Å². The molecule has 0 aliphatic carbocycles. The Bertz CT molecular complexity index is 643. The van der Waals surface area contributed by atoms with Gasteiger partial charge in [0.1, 0.15) is 0 Å². The number of benzene rings is 2. The molecule has 1 amide bonds. The summed E-state index contributed by atoms with van der Waals surface area (Å²) < 4.78 is 0.927. The topological polar surface area (TPSA) is 69.6 Å². The number of rotatable bonds is 3. The third kappa shape index (κ3) is 3.11. The van der Waals surface area contributed by atoms with Gasteiger partial charge in [-0.15, -0.1) is 0 Å². The second-order valence-corrected chi connectivity index (χ2v) is 5.34. The number of carbonyl (C=O) groups is 1. The average Bonchev–Trinajstić information content (AvgIpc) is 2.41. The van der Waals surface area contributed by atoms with E-state index in [2.05, 4.69) is 21.2 Å². The molecular weight excluding hydrogens is 322 g/mol. The standard InChI is InChI=1S/C15H14BrNO3/c1-9(10-4-2-5-11(16)8-10)17-15(20)12-6-3-7-13(18)14(12)19/h2-9,18-19H,1H3,(H,17,20). The molecule has 0 aliphatic heterocycles. The van der Waals surface area contributed by atoms with E-state index in [-0.39, 0.29) is 17.4 Å². The largest absolute Gasteiger partial charge is 0.504 e. The summed E-state index contributed by atoms with van der Waals surface area (Å²) in [6.07, 6.45) is 0. The van der Waals surface area contributed by atoms with Gasteiger partial charge in [0.2, 0.25) is 0 Å². The van der Waals surface area contributed by atoms with Crippen molar-refractivity contribution in [2.75, 3.05) is 0 Å². The van der Waals surface area contributed by atoms with Gasteiger partial charge in [-0.3, -0.25) is 4.79 Å². The highest BCUT2D eigenvalue weighted by Gasteiger charge is 2.16. The summed E-state index contributed by atoms with van der Waals surface area (Å²) in [5, 5.41) is 21.9. The van der Waals surface area contributed by atoms with E-state index in [0.29, 0.717) is 0 Å². The molecule has 0 saturated heterocycles. The molecule has 0 heterocycles. The molecule has 2 aromatic carbocycles. The minimum Gasteiger partial charge on any atom is -0.504 e. The van der Waals surface area contributed by atoms with Crippen molar-refractivity contribution in [1.29, 1.82) is 0 Å². The van der Waals surface area contributed by atoms with Crippen LogP contribution in [0.3, 0.4) is 0 Å². The number of para-hydroxylation sites is 1. The van der Waals surface area contributed by atoms with E-state index in [1.807, 2.05) is 31.2 Å². The maximum Gasteiger partial charge on any atom is 0.255 e. The van der Waals surface area contributed by atoms with Crippen molar-refractivity contribution in [2.45, 2.75) is 13.0 Å². The molecule has 0 aliphatic rings. The van der Waals surface area contributed by atoms with Gasteiger partial charge in [0.25, 0.3) is 5.91 Å². The molecule has 2 rings (SSSR count). The summed E-state index contributed by atoms with van der Waals surface area (Å²) in [5.74, 6) is -1.16. The molecule has 4 nitrogen and oxygen atoms in total. The molecule has 0 saturated carbocycles. The number of hydrogen-bond acceptors (Lipinski definition) is 3. The lowest BCUT2D eigenvalue weighted by Crippen LogP contribution is -2.26. The Labute approximate surface area is 125 Å². The summed E-state index contributed by atoms with van der Waals surface area (Å²) >= 11 is 3.38. The lowest BCUT2D eigenvalue weighted by atomic mass is 10.1. The Morgan fingerprint density at radius 3 is 2.60 bits per heavy atom. The summed E-state index contributed by atoms with van der Waals surface area (Å²) in [5.41, 5.74) is 0.985. The lowest BCUT2D eigenvalue weighted by molar-refractivity contribution is 0.0936. The van der Waals surface area contributed by atoms with Crippen molar-refractivity contribution in [3.8, 4) is 11.5 Å². The molecule has 20 heavy (non-hydrogen) atoms. The summed E-state index contributed by atoms with van der Waals surface area (Å²) in [7, 11) is 0. The van der Waals surface area contributed by atoms with Crippen LogP contribution in [0.2, 0.25) is 0 Å². The molecule has 5 heteroatoms. The third-order valence-electron chi connectivity index (χ3n) is 2.96. The zero-order chi connectivity index (χ0) is 14.7. The van der Waals surface area contributed by atoms with Crippen molar-refractivity contribution in [3.63, 3.8) is 0 Å². The number of hydrogen-bond donors (Lipinski definition) is 3. The van der Waals surface area contributed by atoms with Crippen molar-refractivity contribution in [2.24, 2.45) is 0 Å². The first-order chi connectivity index (χ1) is 9.49. The fourth-order valence-corrected chi connectivity index (χ4v) is 2.27. The molecule has 0 bridgehead atoms. The van der Waals surface area contributed by atoms with Gasteiger partial charge >= 0.3 is 0 Å². The highest BCUT2D eigenvalue weighted by atomic mass is 79.9. The molecule has 2 aromatic rings. The van der Waals surface area contributed by atoms with Gasteiger partial charge < -0.3 is 15.5 Å². The highest BCUT2D eigenvalue weighted by molar-refractivity contribution is 9.10. The SMILES string of the molecule is CC(NC(=O)c1cccc(O)c1O)c1cccc(Br)c1. The van der Waals surface area contributed by atoms with Crippen LogP contribution in [0.15, 0.2) is 46.9 Å². The minimum absolute atomic E-state index is 0.0480. The van der Waals surface area contributed by atoms with E-state index in [1.165, 1.54) is 18.2 Å². The number of amides is 1. The molecule has 1 unspecified atom stereocenters. The Balaban J connectivity index is 2.17. The summed E-state index contributed by atoms with van der Waals surface area (Å²) in [4.78, 5) is 12.1. The van der Waals surface area contributed by atoms with Crippen molar-refractivity contribution in [3.05, 3.63) is 58.1 Å². The van der Waals surface area contributed by atoms with Gasteiger partial charge in [0.15, 0.2) is 11.5 Å². The zero-order valence-corrected chi connectivity index (χ0v) is 12.4. The normalized spacial score (nSPS) is 11.9. The number of carbonyl (C=O) groups excluding carboxylic acids is 1. The van der Waals surface area contributed by atoms with Gasteiger partial charge in [-0.1, -0.05) is 34.1 Å². The first-order valence-electron chi connectivity index (χ1n) is 6.06.